The van der Waals surface area contributed by atoms with Gasteiger partial charge in [-0.15, -0.1) is 13.2 Å². The van der Waals surface area contributed by atoms with Crippen LogP contribution in [-0.4, -0.2) is 32.0 Å². The minimum Gasteiger partial charge on any atom is -0.404 e. The summed E-state index contributed by atoms with van der Waals surface area (Å²) in [5, 5.41) is 2.27. The molecule has 0 spiro atoms. The second-order valence-corrected chi connectivity index (χ2v) is 4.49. The van der Waals surface area contributed by atoms with Crippen molar-refractivity contribution in [2.75, 3.05) is 25.1 Å². The van der Waals surface area contributed by atoms with Crippen LogP contribution in [0.1, 0.15) is 0 Å². The molecular weight excluding hydrogens is 345 g/mol. The third-order valence-electron chi connectivity index (χ3n) is 1.94. The molecule has 0 bridgehead atoms. The minimum absolute atomic E-state index is 0.105. The van der Waals surface area contributed by atoms with Crippen molar-refractivity contribution in [3.8, 4) is 5.75 Å². The summed E-state index contributed by atoms with van der Waals surface area (Å²) in [4.78, 5) is 11.5. The van der Waals surface area contributed by atoms with E-state index in [0.717, 1.165) is 6.07 Å². The zero-order valence-corrected chi connectivity index (χ0v) is 11.8. The summed E-state index contributed by atoms with van der Waals surface area (Å²) < 4.78 is 45.8. The van der Waals surface area contributed by atoms with E-state index in [-0.39, 0.29) is 25.4 Å². The fourth-order valence-corrected chi connectivity index (χ4v) is 1.58. The van der Waals surface area contributed by atoms with Crippen LogP contribution in [0.4, 0.5) is 18.9 Å². The van der Waals surface area contributed by atoms with Gasteiger partial charge in [-0.2, -0.15) is 0 Å². The molecule has 0 aliphatic carbocycles. The largest absolute Gasteiger partial charge is 0.573 e. The molecular formula is C11H12BrF3N2O3. The highest BCUT2D eigenvalue weighted by Gasteiger charge is 2.32. The van der Waals surface area contributed by atoms with Crippen LogP contribution >= 0.6 is 15.9 Å². The number of anilines is 1. The quantitative estimate of drug-likeness (QED) is 0.766. The van der Waals surface area contributed by atoms with Gasteiger partial charge in [0, 0.05) is 11.0 Å². The maximum atomic E-state index is 12.3. The van der Waals surface area contributed by atoms with Gasteiger partial charge in [0.25, 0.3) is 0 Å². The molecule has 9 heteroatoms. The molecule has 0 aromatic heterocycles. The van der Waals surface area contributed by atoms with Crippen molar-refractivity contribution in [1.82, 2.24) is 0 Å². The highest BCUT2D eigenvalue weighted by molar-refractivity contribution is 9.10. The molecule has 0 saturated carbocycles. The van der Waals surface area contributed by atoms with Crippen molar-refractivity contribution < 1.29 is 27.4 Å². The van der Waals surface area contributed by atoms with Gasteiger partial charge >= 0.3 is 6.36 Å². The Bertz CT molecular complexity index is 469. The number of ether oxygens (including phenoxy) is 2. The Morgan fingerprint density at radius 2 is 2.10 bits per heavy atom. The summed E-state index contributed by atoms with van der Waals surface area (Å²) >= 11 is 3.02. The molecule has 0 aliphatic heterocycles. The van der Waals surface area contributed by atoms with E-state index >= 15 is 0 Å². The summed E-state index contributed by atoms with van der Waals surface area (Å²) in [6.45, 7) is 0.117. The summed E-state index contributed by atoms with van der Waals surface area (Å²) in [6, 6.07) is 3.86. The fraction of sp³-hybridized carbons (Fsp3) is 0.364. The molecule has 5 nitrogen and oxygen atoms in total. The van der Waals surface area contributed by atoms with Crippen LogP contribution in [-0.2, 0) is 9.53 Å². The lowest BCUT2D eigenvalue weighted by molar-refractivity contribution is -0.274. The van der Waals surface area contributed by atoms with E-state index in [1.807, 2.05) is 0 Å². The Labute approximate surface area is 121 Å². The maximum Gasteiger partial charge on any atom is 0.573 e. The number of carbonyl (C=O) groups excluding carboxylic acids is 1. The maximum absolute atomic E-state index is 12.3. The van der Waals surface area contributed by atoms with Gasteiger partial charge in [-0.3, -0.25) is 4.79 Å². The summed E-state index contributed by atoms with van der Waals surface area (Å²) in [6.07, 6.45) is -4.85. The van der Waals surface area contributed by atoms with E-state index in [9.17, 15) is 18.0 Å². The topological polar surface area (TPSA) is 73.6 Å². The third kappa shape index (κ3) is 6.22. The van der Waals surface area contributed by atoms with Crippen molar-refractivity contribution in [1.29, 1.82) is 0 Å². The Morgan fingerprint density at radius 1 is 1.40 bits per heavy atom. The molecule has 0 saturated heterocycles. The molecule has 0 unspecified atom stereocenters. The van der Waals surface area contributed by atoms with E-state index in [1.165, 1.54) is 12.1 Å². The van der Waals surface area contributed by atoms with Gasteiger partial charge in [0.15, 0.2) is 5.75 Å². The second kappa shape index (κ2) is 7.46. The van der Waals surface area contributed by atoms with Crippen molar-refractivity contribution in [3.05, 3.63) is 22.7 Å². The monoisotopic (exact) mass is 356 g/mol. The van der Waals surface area contributed by atoms with Crippen molar-refractivity contribution in [2.45, 2.75) is 6.36 Å². The molecule has 1 rings (SSSR count). The van der Waals surface area contributed by atoms with E-state index in [1.54, 1.807) is 0 Å². The molecule has 0 aliphatic rings. The number of hydrogen-bond donors (Lipinski definition) is 2. The molecule has 0 fully saturated rings. The van der Waals surface area contributed by atoms with Crippen molar-refractivity contribution in [2.24, 2.45) is 5.73 Å². The van der Waals surface area contributed by atoms with Crippen LogP contribution in [0.5, 0.6) is 5.75 Å². The Hall–Kier alpha value is -1.32. The summed E-state index contributed by atoms with van der Waals surface area (Å²) in [5.74, 6) is -1.12. The number of nitrogens with two attached hydrogens (primary N) is 1. The number of nitrogens with one attached hydrogen (secondary N) is 1. The van der Waals surface area contributed by atoms with E-state index in [2.05, 4.69) is 26.0 Å². The number of rotatable bonds is 6. The standard InChI is InChI=1S/C11H12BrF3N2O3/c12-7-1-2-8(9(5-7)20-11(13,14)15)17-10(18)6-19-4-3-16/h1-2,5H,3-4,6,16H2,(H,17,18). The second-order valence-electron chi connectivity index (χ2n) is 3.58. The predicted molar refractivity (Wildman–Crippen MR) is 69.3 cm³/mol. The van der Waals surface area contributed by atoms with Crippen molar-refractivity contribution >= 4 is 27.5 Å². The molecule has 0 radical (unpaired) electrons. The van der Waals surface area contributed by atoms with Crippen LogP contribution in [0.15, 0.2) is 22.7 Å². The molecule has 0 atom stereocenters. The molecule has 1 aromatic carbocycles. The van der Waals surface area contributed by atoms with Gasteiger partial charge in [-0.25, -0.2) is 0 Å². The number of alkyl halides is 3. The van der Waals surface area contributed by atoms with Gasteiger partial charge < -0.3 is 20.5 Å². The average molecular weight is 357 g/mol. The Kier molecular flexibility index (Phi) is 6.24. The lowest BCUT2D eigenvalue weighted by Crippen LogP contribution is -2.22. The Balaban J connectivity index is 2.76. The first-order valence-corrected chi connectivity index (χ1v) is 6.24. The van der Waals surface area contributed by atoms with Crippen molar-refractivity contribution in [3.63, 3.8) is 0 Å². The Morgan fingerprint density at radius 3 is 2.70 bits per heavy atom. The molecule has 1 amide bonds. The fourth-order valence-electron chi connectivity index (χ4n) is 1.24. The normalized spacial score (nSPS) is 11.2. The van der Waals surface area contributed by atoms with Gasteiger partial charge in [0.2, 0.25) is 5.91 Å². The van der Waals surface area contributed by atoms with Gasteiger partial charge in [-0.1, -0.05) is 15.9 Å². The van der Waals surface area contributed by atoms with E-state index < -0.39 is 18.0 Å². The zero-order chi connectivity index (χ0) is 15.2. The first-order chi connectivity index (χ1) is 9.31. The summed E-state index contributed by atoms with van der Waals surface area (Å²) in [7, 11) is 0. The average Bonchev–Trinajstić information content (AvgIpc) is 2.31. The van der Waals surface area contributed by atoms with Crippen LogP contribution in [0.2, 0.25) is 0 Å². The minimum atomic E-state index is -4.85. The third-order valence-corrected chi connectivity index (χ3v) is 2.43. The van der Waals surface area contributed by atoms with Crippen LogP contribution in [0.25, 0.3) is 0 Å². The van der Waals surface area contributed by atoms with E-state index in [4.69, 9.17) is 10.5 Å². The number of benzene rings is 1. The smallest absolute Gasteiger partial charge is 0.404 e. The number of halogens is 4. The first-order valence-electron chi connectivity index (χ1n) is 5.45. The van der Waals surface area contributed by atoms with E-state index in [0.29, 0.717) is 4.47 Å². The summed E-state index contributed by atoms with van der Waals surface area (Å²) in [5.41, 5.74) is 5.07. The highest BCUT2D eigenvalue weighted by atomic mass is 79.9. The lowest BCUT2D eigenvalue weighted by Gasteiger charge is -2.14. The predicted octanol–water partition coefficient (Wildman–Crippen LogP) is 2.26. The molecule has 20 heavy (non-hydrogen) atoms. The van der Waals surface area contributed by atoms with Gasteiger partial charge in [0.05, 0.1) is 12.3 Å². The molecule has 3 N–H and O–H groups in total. The van der Waals surface area contributed by atoms with Crippen LogP contribution in [0, 0.1) is 0 Å². The number of amides is 1. The SMILES string of the molecule is NCCOCC(=O)Nc1ccc(Br)cc1OC(F)(F)F. The number of hydrogen-bond acceptors (Lipinski definition) is 4. The molecule has 112 valence electrons. The number of carbonyl (C=O) groups is 1. The first kappa shape index (κ1) is 16.7. The van der Waals surface area contributed by atoms with Crippen LogP contribution in [0.3, 0.4) is 0 Å². The lowest BCUT2D eigenvalue weighted by atomic mass is 10.3. The van der Waals surface area contributed by atoms with Crippen LogP contribution < -0.4 is 15.8 Å². The molecule has 0 heterocycles. The van der Waals surface area contributed by atoms with Gasteiger partial charge in [0.1, 0.15) is 6.61 Å². The zero-order valence-electron chi connectivity index (χ0n) is 10.2. The van der Waals surface area contributed by atoms with Gasteiger partial charge in [-0.05, 0) is 18.2 Å². The highest BCUT2D eigenvalue weighted by Crippen LogP contribution is 2.32. The molecule has 1 aromatic rings.